The molecule has 2 aliphatic heterocycles. The van der Waals surface area contributed by atoms with Gasteiger partial charge in [-0.1, -0.05) is 24.6 Å². The third kappa shape index (κ3) is 4.05. The van der Waals surface area contributed by atoms with Crippen molar-refractivity contribution < 1.29 is 9.59 Å². The summed E-state index contributed by atoms with van der Waals surface area (Å²) in [6.07, 6.45) is 2.02. The molecule has 8 nitrogen and oxygen atoms in total. The predicted octanol–water partition coefficient (Wildman–Crippen LogP) is 3.03. The topological polar surface area (TPSA) is 107 Å². The van der Waals surface area contributed by atoms with E-state index in [1.54, 1.807) is 18.2 Å². The lowest BCUT2D eigenvalue weighted by Crippen LogP contribution is -2.40. The summed E-state index contributed by atoms with van der Waals surface area (Å²) in [4.78, 5) is 47.5. The lowest BCUT2D eigenvalue weighted by Gasteiger charge is -2.32. The molecule has 0 bridgehead atoms. The summed E-state index contributed by atoms with van der Waals surface area (Å²) in [6, 6.07) is 5.16. The minimum atomic E-state index is -0.933. The Morgan fingerprint density at radius 3 is 2.90 bits per heavy atom. The van der Waals surface area contributed by atoms with E-state index in [2.05, 4.69) is 27.5 Å². The monoisotopic (exact) mass is 429 g/mol. The largest absolute Gasteiger partial charge is 0.342 e. The van der Waals surface area contributed by atoms with Crippen molar-refractivity contribution in [3.63, 3.8) is 0 Å². The number of carbonyl (C=O) groups is 2. The van der Waals surface area contributed by atoms with Crippen LogP contribution in [0.4, 0.5) is 17.5 Å². The number of nitrogens with one attached hydrogen (secondary N) is 3. The van der Waals surface area contributed by atoms with E-state index in [0.717, 1.165) is 31.5 Å². The second-order valence-electron chi connectivity index (χ2n) is 8.10. The van der Waals surface area contributed by atoms with Crippen molar-refractivity contribution >= 4 is 40.9 Å². The summed E-state index contributed by atoms with van der Waals surface area (Å²) < 4.78 is 0. The maximum Gasteiger partial charge on any atom is 0.258 e. The lowest BCUT2D eigenvalue weighted by molar-refractivity contribution is -0.123. The van der Waals surface area contributed by atoms with Crippen LogP contribution in [0.25, 0.3) is 0 Å². The van der Waals surface area contributed by atoms with Gasteiger partial charge in [0.1, 0.15) is 5.82 Å². The standard InChI is InChI=1S/C21H24ClN5O3/c1-11-4-3-7-27(10-11)21-25-18-17(20(30)26-21)14(9-16(28)24-18)19(29)23-15-8-13(22)6-5-12(15)2/h5-6,8,11,14H,3-4,7,9-10H2,1-2H3,(H,23,29)(H2,24,25,26,28,30)/t11-,14+/m1/s1. The van der Waals surface area contributed by atoms with E-state index in [1.807, 2.05) is 11.8 Å². The predicted molar refractivity (Wildman–Crippen MR) is 116 cm³/mol. The molecule has 2 amide bonds. The van der Waals surface area contributed by atoms with E-state index in [9.17, 15) is 14.4 Å². The van der Waals surface area contributed by atoms with Gasteiger partial charge in [0, 0.05) is 30.2 Å². The Morgan fingerprint density at radius 1 is 1.33 bits per heavy atom. The highest BCUT2D eigenvalue weighted by Crippen LogP contribution is 2.31. The zero-order valence-corrected chi connectivity index (χ0v) is 17.7. The van der Waals surface area contributed by atoms with Crippen molar-refractivity contribution in [1.29, 1.82) is 0 Å². The molecular weight excluding hydrogens is 406 g/mol. The van der Waals surface area contributed by atoms with E-state index >= 15 is 0 Å². The van der Waals surface area contributed by atoms with E-state index in [4.69, 9.17) is 11.6 Å². The highest BCUT2D eigenvalue weighted by Gasteiger charge is 2.35. The Bertz CT molecular complexity index is 1070. The second-order valence-corrected chi connectivity index (χ2v) is 8.54. The summed E-state index contributed by atoms with van der Waals surface area (Å²) in [5.74, 6) is -0.639. The van der Waals surface area contributed by atoms with Gasteiger partial charge >= 0.3 is 0 Å². The fourth-order valence-corrected chi connectivity index (χ4v) is 4.24. The van der Waals surface area contributed by atoms with Crippen molar-refractivity contribution in [3.8, 4) is 0 Å². The number of aryl methyl sites for hydroxylation is 1. The average molecular weight is 430 g/mol. The number of piperidine rings is 1. The van der Waals surface area contributed by atoms with Crippen LogP contribution >= 0.6 is 11.6 Å². The molecule has 2 aromatic rings. The average Bonchev–Trinajstić information content (AvgIpc) is 2.69. The zero-order chi connectivity index (χ0) is 21.4. The quantitative estimate of drug-likeness (QED) is 0.695. The number of aromatic nitrogens is 2. The molecule has 1 fully saturated rings. The number of anilines is 3. The van der Waals surface area contributed by atoms with Crippen molar-refractivity contribution in [3.05, 3.63) is 44.7 Å². The van der Waals surface area contributed by atoms with Crippen LogP contribution in [0.1, 0.15) is 43.2 Å². The summed E-state index contributed by atoms with van der Waals surface area (Å²) in [7, 11) is 0. The molecule has 2 atom stereocenters. The molecule has 0 aliphatic carbocycles. The van der Waals surface area contributed by atoms with Crippen molar-refractivity contribution in [2.75, 3.05) is 28.6 Å². The van der Waals surface area contributed by atoms with Gasteiger partial charge in [-0.2, -0.15) is 4.98 Å². The van der Waals surface area contributed by atoms with Crippen molar-refractivity contribution in [1.82, 2.24) is 9.97 Å². The number of amides is 2. The molecule has 3 heterocycles. The summed E-state index contributed by atoms with van der Waals surface area (Å²) in [5, 5.41) is 5.95. The molecule has 3 N–H and O–H groups in total. The van der Waals surface area contributed by atoms with Crippen LogP contribution in [-0.2, 0) is 9.59 Å². The minimum Gasteiger partial charge on any atom is -0.342 e. The second kappa shape index (κ2) is 8.10. The zero-order valence-electron chi connectivity index (χ0n) is 16.9. The molecule has 1 aromatic heterocycles. The molecule has 158 valence electrons. The number of hydrogen-bond acceptors (Lipinski definition) is 5. The molecule has 1 aromatic carbocycles. The summed E-state index contributed by atoms with van der Waals surface area (Å²) in [6.45, 7) is 5.57. The van der Waals surface area contributed by atoms with Gasteiger partial charge in [0.15, 0.2) is 0 Å². The van der Waals surface area contributed by atoms with Gasteiger partial charge in [0.2, 0.25) is 17.8 Å². The first-order valence-electron chi connectivity index (χ1n) is 10.1. The van der Waals surface area contributed by atoms with Gasteiger partial charge in [0.05, 0.1) is 11.5 Å². The van der Waals surface area contributed by atoms with Crippen LogP contribution in [0.2, 0.25) is 5.02 Å². The number of aromatic amines is 1. The third-order valence-corrected chi connectivity index (χ3v) is 5.90. The molecule has 9 heteroatoms. The number of nitrogens with zero attached hydrogens (tertiary/aromatic N) is 2. The van der Waals surface area contributed by atoms with E-state index in [0.29, 0.717) is 22.6 Å². The van der Waals surface area contributed by atoms with Crippen LogP contribution in [0.3, 0.4) is 0 Å². The first-order valence-corrected chi connectivity index (χ1v) is 10.5. The molecule has 2 aliphatic rings. The highest BCUT2D eigenvalue weighted by atomic mass is 35.5. The van der Waals surface area contributed by atoms with Gasteiger partial charge in [-0.25, -0.2) is 0 Å². The first kappa shape index (κ1) is 20.4. The minimum absolute atomic E-state index is 0.122. The van der Waals surface area contributed by atoms with Crippen molar-refractivity contribution in [2.24, 2.45) is 5.92 Å². The molecule has 4 rings (SSSR count). The number of halogens is 1. The Morgan fingerprint density at radius 2 is 2.13 bits per heavy atom. The maximum atomic E-state index is 13.0. The highest BCUT2D eigenvalue weighted by molar-refractivity contribution is 6.31. The Balaban J connectivity index is 1.66. The number of carbonyl (C=O) groups excluding carboxylic acids is 2. The SMILES string of the molecule is Cc1ccc(Cl)cc1NC(=O)[C@H]1CC(=O)Nc2nc(N3CCC[C@@H](C)C3)[nH]c(=O)c21. The number of H-pyrrole nitrogens is 1. The van der Waals surface area contributed by atoms with Crippen LogP contribution in [0, 0.1) is 12.8 Å². The maximum absolute atomic E-state index is 13.0. The fourth-order valence-electron chi connectivity index (χ4n) is 4.06. The number of benzene rings is 1. The molecule has 1 saturated heterocycles. The van der Waals surface area contributed by atoms with Gasteiger partial charge in [-0.05, 0) is 43.4 Å². The third-order valence-electron chi connectivity index (χ3n) is 5.67. The van der Waals surface area contributed by atoms with Gasteiger partial charge in [-0.15, -0.1) is 0 Å². The lowest BCUT2D eigenvalue weighted by atomic mass is 9.92. The smallest absolute Gasteiger partial charge is 0.258 e. The number of rotatable bonds is 3. The molecule has 0 radical (unpaired) electrons. The van der Waals surface area contributed by atoms with E-state index < -0.39 is 17.4 Å². The van der Waals surface area contributed by atoms with Crippen LogP contribution in [-0.4, -0.2) is 34.9 Å². The normalized spacial score (nSPS) is 21.0. The molecular formula is C21H24ClN5O3. The Labute approximate surface area is 179 Å². The summed E-state index contributed by atoms with van der Waals surface area (Å²) in [5.41, 5.74) is 1.15. The fraction of sp³-hybridized carbons (Fsp3) is 0.429. The molecule has 0 saturated carbocycles. The summed E-state index contributed by atoms with van der Waals surface area (Å²) >= 11 is 6.03. The Hall–Kier alpha value is -2.87. The van der Waals surface area contributed by atoms with Crippen LogP contribution in [0.5, 0.6) is 0 Å². The van der Waals surface area contributed by atoms with E-state index in [1.165, 1.54) is 0 Å². The Kier molecular flexibility index (Phi) is 5.51. The molecule has 0 spiro atoms. The first-order chi connectivity index (χ1) is 14.3. The van der Waals surface area contributed by atoms with E-state index in [-0.39, 0.29) is 23.7 Å². The van der Waals surface area contributed by atoms with Gasteiger partial charge < -0.3 is 15.5 Å². The van der Waals surface area contributed by atoms with Gasteiger partial charge in [0.25, 0.3) is 5.56 Å². The molecule has 30 heavy (non-hydrogen) atoms. The van der Waals surface area contributed by atoms with Gasteiger partial charge in [-0.3, -0.25) is 19.4 Å². The van der Waals surface area contributed by atoms with Crippen molar-refractivity contribution in [2.45, 2.75) is 39.0 Å². The van der Waals surface area contributed by atoms with Crippen LogP contribution in [0.15, 0.2) is 23.0 Å². The molecule has 0 unspecified atom stereocenters. The number of fused-ring (bicyclic) bond motifs is 1. The van der Waals surface area contributed by atoms with Crippen LogP contribution < -0.4 is 21.1 Å². The number of hydrogen-bond donors (Lipinski definition) is 3.